The molecule has 0 bridgehead atoms. The van der Waals surface area contributed by atoms with E-state index in [1.54, 1.807) is 18.2 Å². The van der Waals surface area contributed by atoms with E-state index in [1.165, 1.54) is 0 Å². The Morgan fingerprint density at radius 1 is 0.705 bits per heavy atom. The van der Waals surface area contributed by atoms with Gasteiger partial charge in [-0.2, -0.15) is 12.8 Å². The van der Waals surface area contributed by atoms with Gasteiger partial charge in [-0.15, -0.1) is 0 Å². The van der Waals surface area contributed by atoms with Crippen molar-refractivity contribution in [1.82, 2.24) is 0 Å². The van der Waals surface area contributed by atoms with Gasteiger partial charge in [-0.25, -0.2) is 0 Å². The fourth-order valence-corrected chi connectivity index (χ4v) is 5.91. The van der Waals surface area contributed by atoms with Crippen LogP contribution < -0.4 is 9.47 Å². The molecule has 4 radical (unpaired) electrons. The van der Waals surface area contributed by atoms with Crippen LogP contribution in [0.15, 0.2) is 72.8 Å². The second-order valence-corrected chi connectivity index (χ2v) is 11.8. The molecule has 44 heavy (non-hydrogen) atoms. The smallest absolute Gasteiger partial charge is 0.122 e. The quantitative estimate of drug-likeness (QED) is 0.115. The first kappa shape index (κ1) is 42.4. The zero-order valence-corrected chi connectivity index (χ0v) is 32.8. The Balaban J connectivity index is 0.000000422. The topological polar surface area (TPSA) is 58.9 Å². The summed E-state index contributed by atoms with van der Waals surface area (Å²) < 4.78 is 11.6. The summed E-state index contributed by atoms with van der Waals surface area (Å²) in [6, 6.07) is 15.0. The molecule has 0 amide bonds. The van der Waals surface area contributed by atoms with Crippen LogP contribution in [0.4, 0.5) is 0 Å². The molecule has 2 N–H and O–H groups in total. The molecule has 6 atom stereocenters. The predicted molar refractivity (Wildman–Crippen MR) is 178 cm³/mol. The Bertz CT molecular complexity index is 1080. The van der Waals surface area contributed by atoms with Gasteiger partial charge in [-0.3, -0.25) is 0 Å². The molecule has 0 saturated carbocycles. The predicted octanol–water partition coefficient (Wildman–Crippen LogP) is 8.36. The minimum Gasteiger partial charge on any atom is -0.493 e. The number of ether oxygens (including phenoxy) is 2. The van der Waals surface area contributed by atoms with Gasteiger partial charge in [0.25, 0.3) is 0 Å². The molecule has 2 aliphatic heterocycles. The van der Waals surface area contributed by atoms with Crippen molar-refractivity contribution in [2.24, 2.45) is 11.8 Å². The van der Waals surface area contributed by atoms with Crippen LogP contribution in [0.2, 0.25) is 34.3 Å². The molecule has 0 spiro atoms. The van der Waals surface area contributed by atoms with Crippen molar-refractivity contribution in [2.75, 3.05) is 13.2 Å². The van der Waals surface area contributed by atoms with Crippen molar-refractivity contribution >= 4 is 37.8 Å². The molecule has 232 valence electrons. The Morgan fingerprint density at radius 3 is 1.61 bits per heavy atom. The van der Waals surface area contributed by atoms with E-state index < -0.39 is 0 Å². The molecule has 0 aromatic heterocycles. The van der Waals surface area contributed by atoms with Crippen LogP contribution >= 0.6 is 23.2 Å². The second-order valence-electron chi connectivity index (χ2n) is 11.0. The molecule has 2 fully saturated rings. The van der Waals surface area contributed by atoms with Crippen LogP contribution in [-0.2, 0) is 65.4 Å². The first-order valence-electron chi connectivity index (χ1n) is 15.1. The van der Waals surface area contributed by atoms with E-state index in [2.05, 4.69) is 52.7 Å². The van der Waals surface area contributed by atoms with Gasteiger partial charge in [0.1, 0.15) is 26.1 Å². The zero-order chi connectivity index (χ0) is 30.2. The van der Waals surface area contributed by atoms with Gasteiger partial charge in [0.15, 0.2) is 0 Å². The maximum atomic E-state index is 10.2. The summed E-state index contributed by atoms with van der Waals surface area (Å²) in [4.78, 5) is 0. The number of aliphatic hydroxyl groups excluding tert-OH is 2. The van der Waals surface area contributed by atoms with E-state index in [0.717, 1.165) is 56.9 Å². The van der Waals surface area contributed by atoms with E-state index in [0.29, 0.717) is 40.6 Å². The standard InChI is InChI=1S/C17H21BCl2O2.C17H23BO2.2Y/c1-2-3-4-5-6-16-15(17(21)10-18-16)11-22-14-8-12(19)7-13(20)9-14;1-2-3-4-8-11-16-15(17(19)12-18-16)13-20-14-9-6-5-7-10-14;;/h4-5,7-9,15-17,21H,1-3,6,10-11H2;4-10,15-17,19H,1-3,11-13H2;;/q2*-1;;/t2*15-,16-,17-;;/m11../s1. The third-order valence-corrected chi connectivity index (χ3v) is 8.24. The van der Waals surface area contributed by atoms with Crippen LogP contribution in [0.25, 0.3) is 0 Å². The fourth-order valence-electron chi connectivity index (χ4n) is 5.40. The first-order chi connectivity index (χ1) is 20.4. The maximum Gasteiger partial charge on any atom is 0.122 e. The summed E-state index contributed by atoms with van der Waals surface area (Å²) in [5, 5.41) is 21.3. The maximum absolute atomic E-state index is 10.2. The molecule has 10 heteroatoms. The number of benzene rings is 2. The largest absolute Gasteiger partial charge is 0.493 e. The average molecular weight is 787 g/mol. The molecule has 2 heterocycles. The van der Waals surface area contributed by atoms with Gasteiger partial charge in [0.05, 0.1) is 25.4 Å². The van der Waals surface area contributed by atoms with Crippen molar-refractivity contribution in [3.8, 4) is 11.5 Å². The monoisotopic (exact) mass is 786 g/mol. The van der Waals surface area contributed by atoms with E-state index in [9.17, 15) is 10.2 Å². The number of rotatable bonds is 14. The van der Waals surface area contributed by atoms with Crippen molar-refractivity contribution in [3.05, 3.63) is 96.7 Å². The summed E-state index contributed by atoms with van der Waals surface area (Å²) >= 11 is 11.9. The fraction of sp³-hybridized carbons (Fsp3) is 0.471. The summed E-state index contributed by atoms with van der Waals surface area (Å²) in [7, 11) is 4.43. The number of para-hydroxylation sites is 1. The minimum atomic E-state index is -0.346. The van der Waals surface area contributed by atoms with Gasteiger partial charge in [0.2, 0.25) is 0 Å². The first-order valence-corrected chi connectivity index (χ1v) is 15.8. The molecular formula is C34H44B2Cl2O4Y2-2. The molecule has 0 unspecified atom stereocenters. The summed E-state index contributed by atoms with van der Waals surface area (Å²) in [6.07, 6.45) is 15.4. The van der Waals surface area contributed by atoms with Gasteiger partial charge in [0, 0.05) is 87.3 Å². The van der Waals surface area contributed by atoms with Gasteiger partial charge in [-0.05, 0) is 43.2 Å². The summed E-state index contributed by atoms with van der Waals surface area (Å²) in [6.45, 7) is 8.68. The molecule has 4 nitrogen and oxygen atoms in total. The molecule has 2 aromatic rings. The Morgan fingerprint density at radius 2 is 1.16 bits per heavy atom. The van der Waals surface area contributed by atoms with Gasteiger partial charge in [-0.1, -0.05) is 103 Å². The average Bonchev–Trinajstić information content (AvgIpc) is 3.52. The van der Waals surface area contributed by atoms with Crippen LogP contribution in [-0.4, -0.2) is 50.2 Å². The molecular weight excluding hydrogens is 743 g/mol. The summed E-state index contributed by atoms with van der Waals surface area (Å²) in [5.74, 6) is 2.56. The SMILES string of the molecule is [CH2-]CCC=CC[C@H]1[B]C[C@@H](O)[C@@H]1COc1cc(Cl)cc(Cl)c1.[CH2-]CCC=CC[C@H]1[B]C[C@@H](O)[C@@H]1COc1ccccc1.[Y].[Y]. The van der Waals surface area contributed by atoms with E-state index in [-0.39, 0.29) is 89.5 Å². The molecule has 2 aliphatic rings. The number of aliphatic hydroxyl groups is 2. The van der Waals surface area contributed by atoms with Crippen LogP contribution in [0.3, 0.4) is 0 Å². The number of unbranched alkanes of at least 4 members (excludes halogenated alkanes) is 2. The normalized spacial score (nSPS) is 24.0. The minimum absolute atomic E-state index is 0. The van der Waals surface area contributed by atoms with E-state index >= 15 is 0 Å². The summed E-state index contributed by atoms with van der Waals surface area (Å²) in [5.41, 5.74) is 0. The second kappa shape index (κ2) is 24.5. The van der Waals surface area contributed by atoms with Crippen molar-refractivity contribution in [3.63, 3.8) is 0 Å². The third-order valence-electron chi connectivity index (χ3n) is 7.80. The Kier molecular flexibility index (Phi) is 23.6. The van der Waals surface area contributed by atoms with E-state index in [4.69, 9.17) is 32.7 Å². The molecule has 2 saturated heterocycles. The Hall–Kier alpha value is 0.358. The molecule has 2 aromatic carbocycles. The van der Waals surface area contributed by atoms with Gasteiger partial charge < -0.3 is 33.5 Å². The molecule has 4 rings (SSSR count). The number of halogens is 2. The molecule has 0 aliphatic carbocycles. The number of hydrogen-bond acceptors (Lipinski definition) is 4. The zero-order valence-electron chi connectivity index (χ0n) is 25.7. The number of allylic oxidation sites excluding steroid dienone is 4. The third kappa shape index (κ3) is 15.5. The van der Waals surface area contributed by atoms with Crippen molar-refractivity contribution < 1.29 is 85.1 Å². The van der Waals surface area contributed by atoms with E-state index in [1.807, 2.05) is 30.3 Å². The van der Waals surface area contributed by atoms with Crippen molar-refractivity contribution in [2.45, 2.75) is 75.0 Å². The Labute approximate surface area is 327 Å². The van der Waals surface area contributed by atoms with Crippen LogP contribution in [0, 0.1) is 25.7 Å². The number of hydrogen-bond donors (Lipinski definition) is 2. The van der Waals surface area contributed by atoms with Crippen LogP contribution in [0.1, 0.15) is 38.5 Å². The van der Waals surface area contributed by atoms with Crippen molar-refractivity contribution in [1.29, 1.82) is 0 Å². The van der Waals surface area contributed by atoms with Crippen LogP contribution in [0.5, 0.6) is 11.5 Å². The van der Waals surface area contributed by atoms with Gasteiger partial charge >= 0.3 is 0 Å².